The summed E-state index contributed by atoms with van der Waals surface area (Å²) in [4.78, 5) is 12.0. The lowest BCUT2D eigenvalue weighted by Crippen LogP contribution is -2.30. The molecule has 0 aromatic rings. The minimum Gasteiger partial charge on any atom is -0.351 e. The fraction of sp³-hybridized carbons (Fsp3) is 0.800. The Bertz CT molecular complexity index is 337. The van der Waals surface area contributed by atoms with E-state index in [1.54, 1.807) is 0 Å². The zero-order valence-corrected chi connectivity index (χ0v) is 11.6. The first-order valence-electron chi connectivity index (χ1n) is 7.40. The second-order valence-corrected chi connectivity index (χ2v) is 5.75. The highest BCUT2D eigenvalue weighted by Crippen LogP contribution is 2.51. The van der Waals surface area contributed by atoms with Crippen molar-refractivity contribution >= 4 is 5.91 Å². The Morgan fingerprint density at radius 3 is 2.72 bits per heavy atom. The highest BCUT2D eigenvalue weighted by atomic mass is 16.1. The van der Waals surface area contributed by atoms with Gasteiger partial charge in [-0.25, -0.2) is 0 Å². The monoisotopic (exact) mass is 250 g/mol. The largest absolute Gasteiger partial charge is 0.351 e. The van der Waals surface area contributed by atoms with Gasteiger partial charge in [0.25, 0.3) is 0 Å². The van der Waals surface area contributed by atoms with Crippen LogP contribution in [-0.2, 0) is 4.79 Å². The quantitative estimate of drug-likeness (QED) is 0.785. The molecule has 1 fully saturated rings. The van der Waals surface area contributed by atoms with E-state index in [0.29, 0.717) is 19.0 Å². The van der Waals surface area contributed by atoms with Crippen LogP contribution in [0.1, 0.15) is 39.5 Å². The van der Waals surface area contributed by atoms with Crippen LogP contribution in [0.2, 0.25) is 0 Å². The predicted molar refractivity (Wildman–Crippen MR) is 73.9 cm³/mol. The molecule has 18 heavy (non-hydrogen) atoms. The zero-order chi connectivity index (χ0) is 13.1. The molecule has 0 spiro atoms. The van der Waals surface area contributed by atoms with Crippen molar-refractivity contribution in [1.82, 2.24) is 5.32 Å². The normalized spacial score (nSPS) is 34.3. The van der Waals surface area contributed by atoms with Crippen molar-refractivity contribution in [2.45, 2.75) is 39.5 Å². The minimum atomic E-state index is 0.111. The van der Waals surface area contributed by atoms with Gasteiger partial charge >= 0.3 is 0 Å². The molecular weight excluding hydrogens is 224 g/mol. The van der Waals surface area contributed by atoms with Crippen LogP contribution in [0.15, 0.2) is 11.6 Å². The van der Waals surface area contributed by atoms with Crippen molar-refractivity contribution in [1.29, 1.82) is 0 Å². The van der Waals surface area contributed by atoms with E-state index in [1.165, 1.54) is 19.3 Å². The third-order valence-corrected chi connectivity index (χ3v) is 4.87. The molecule has 3 N–H and O–H groups in total. The van der Waals surface area contributed by atoms with E-state index >= 15 is 0 Å². The molecular formula is C15H26N2O. The summed E-state index contributed by atoms with van der Waals surface area (Å²) in [6, 6.07) is 0. The second-order valence-electron chi connectivity index (χ2n) is 5.75. The Morgan fingerprint density at radius 1 is 1.39 bits per heavy atom. The maximum atomic E-state index is 12.0. The molecule has 0 bridgehead atoms. The summed E-state index contributed by atoms with van der Waals surface area (Å²) in [7, 11) is 0. The van der Waals surface area contributed by atoms with E-state index in [-0.39, 0.29) is 5.91 Å². The van der Waals surface area contributed by atoms with Gasteiger partial charge in [-0.05, 0) is 36.5 Å². The second kappa shape index (κ2) is 5.87. The number of hydrogen-bond donors (Lipinski definition) is 2. The van der Waals surface area contributed by atoms with Crippen molar-refractivity contribution < 1.29 is 4.79 Å². The summed E-state index contributed by atoms with van der Waals surface area (Å²) < 4.78 is 0. The average Bonchev–Trinajstić information content (AvgIpc) is 2.94. The molecule has 2 aliphatic rings. The molecule has 3 heteroatoms. The van der Waals surface area contributed by atoms with Crippen LogP contribution in [0, 0.1) is 23.7 Å². The van der Waals surface area contributed by atoms with Gasteiger partial charge in [-0.2, -0.15) is 0 Å². The van der Waals surface area contributed by atoms with Crippen LogP contribution in [0.5, 0.6) is 0 Å². The summed E-state index contributed by atoms with van der Waals surface area (Å²) in [6.45, 7) is 5.66. The first-order valence-corrected chi connectivity index (χ1v) is 7.40. The standard InChI is InChI=1S/C15H26N2O/c1-3-10-7-11(4-2)14-9-12(8-13(10)14)15(18)17-6-5-16/h8,10-11,13-14H,3-7,9,16H2,1-2H3,(H,17,18). The molecule has 4 unspecified atom stereocenters. The third kappa shape index (κ3) is 2.46. The van der Waals surface area contributed by atoms with E-state index in [9.17, 15) is 4.79 Å². The van der Waals surface area contributed by atoms with Crippen molar-refractivity contribution in [3.8, 4) is 0 Å². The van der Waals surface area contributed by atoms with E-state index in [0.717, 1.165) is 29.7 Å². The highest BCUT2D eigenvalue weighted by Gasteiger charge is 2.44. The number of rotatable bonds is 5. The van der Waals surface area contributed by atoms with Crippen molar-refractivity contribution in [2.24, 2.45) is 29.4 Å². The molecule has 1 amide bonds. The van der Waals surface area contributed by atoms with Gasteiger partial charge in [0.15, 0.2) is 0 Å². The molecule has 0 aromatic heterocycles. The Morgan fingerprint density at radius 2 is 2.11 bits per heavy atom. The maximum Gasteiger partial charge on any atom is 0.246 e. The van der Waals surface area contributed by atoms with Gasteiger partial charge in [-0.15, -0.1) is 0 Å². The minimum absolute atomic E-state index is 0.111. The van der Waals surface area contributed by atoms with Gasteiger partial charge in [0.1, 0.15) is 0 Å². The third-order valence-electron chi connectivity index (χ3n) is 4.87. The Labute approximate surface area is 110 Å². The molecule has 4 atom stereocenters. The highest BCUT2D eigenvalue weighted by molar-refractivity contribution is 5.94. The molecule has 0 radical (unpaired) electrons. The molecule has 3 nitrogen and oxygen atoms in total. The lowest BCUT2D eigenvalue weighted by molar-refractivity contribution is -0.117. The summed E-state index contributed by atoms with van der Waals surface area (Å²) in [5, 5.41) is 2.90. The summed E-state index contributed by atoms with van der Waals surface area (Å²) in [6.07, 6.45) is 7.10. The van der Waals surface area contributed by atoms with Gasteiger partial charge in [-0.3, -0.25) is 4.79 Å². The molecule has 0 aliphatic heterocycles. The number of nitrogens with two attached hydrogens (primary N) is 1. The van der Waals surface area contributed by atoms with Crippen molar-refractivity contribution in [3.05, 3.63) is 11.6 Å². The fourth-order valence-corrected chi connectivity index (χ4v) is 3.88. The molecule has 0 aromatic carbocycles. The van der Waals surface area contributed by atoms with Crippen LogP contribution in [-0.4, -0.2) is 19.0 Å². The Hall–Kier alpha value is -0.830. The Kier molecular flexibility index (Phi) is 4.44. The van der Waals surface area contributed by atoms with E-state index in [1.807, 2.05) is 0 Å². The van der Waals surface area contributed by atoms with Crippen molar-refractivity contribution in [2.75, 3.05) is 13.1 Å². The topological polar surface area (TPSA) is 55.1 Å². The lowest BCUT2D eigenvalue weighted by Gasteiger charge is -2.17. The van der Waals surface area contributed by atoms with Crippen molar-refractivity contribution in [3.63, 3.8) is 0 Å². The molecule has 1 saturated carbocycles. The number of carbonyl (C=O) groups excluding carboxylic acids is 1. The molecule has 0 heterocycles. The number of nitrogens with one attached hydrogen (secondary N) is 1. The smallest absolute Gasteiger partial charge is 0.246 e. The average molecular weight is 250 g/mol. The maximum absolute atomic E-state index is 12.0. The first-order chi connectivity index (χ1) is 8.71. The number of allylic oxidation sites excluding steroid dienone is 1. The van der Waals surface area contributed by atoms with Gasteiger partial charge < -0.3 is 11.1 Å². The summed E-state index contributed by atoms with van der Waals surface area (Å²) in [5.74, 6) is 3.09. The van der Waals surface area contributed by atoms with Crippen LogP contribution < -0.4 is 11.1 Å². The number of amides is 1. The molecule has 2 rings (SSSR count). The summed E-state index contributed by atoms with van der Waals surface area (Å²) in [5.41, 5.74) is 6.43. The van der Waals surface area contributed by atoms with Gasteiger partial charge in [0.2, 0.25) is 5.91 Å². The van der Waals surface area contributed by atoms with Gasteiger partial charge in [0, 0.05) is 18.7 Å². The predicted octanol–water partition coefficient (Wildman–Crippen LogP) is 2.08. The molecule has 0 saturated heterocycles. The van der Waals surface area contributed by atoms with E-state index < -0.39 is 0 Å². The van der Waals surface area contributed by atoms with Crippen LogP contribution >= 0.6 is 0 Å². The van der Waals surface area contributed by atoms with E-state index in [2.05, 4.69) is 25.2 Å². The summed E-state index contributed by atoms with van der Waals surface area (Å²) >= 11 is 0. The Balaban J connectivity index is 2.03. The number of hydrogen-bond acceptors (Lipinski definition) is 2. The SMILES string of the molecule is CCC1CC(CC)C2CC(C(=O)NCCN)=CC12. The number of carbonyl (C=O) groups is 1. The van der Waals surface area contributed by atoms with E-state index in [4.69, 9.17) is 5.73 Å². The fourth-order valence-electron chi connectivity index (χ4n) is 3.88. The van der Waals surface area contributed by atoms with Crippen LogP contribution in [0.4, 0.5) is 0 Å². The van der Waals surface area contributed by atoms with Crippen LogP contribution in [0.3, 0.4) is 0 Å². The van der Waals surface area contributed by atoms with Crippen LogP contribution in [0.25, 0.3) is 0 Å². The lowest BCUT2D eigenvalue weighted by atomic mass is 9.88. The first kappa shape index (κ1) is 13.6. The molecule has 102 valence electrons. The number of fused-ring (bicyclic) bond motifs is 1. The zero-order valence-electron chi connectivity index (χ0n) is 11.6. The van der Waals surface area contributed by atoms with Gasteiger partial charge in [0.05, 0.1) is 0 Å². The molecule has 2 aliphatic carbocycles. The van der Waals surface area contributed by atoms with Gasteiger partial charge in [-0.1, -0.05) is 32.8 Å².